The molecule has 0 bridgehead atoms. The topological polar surface area (TPSA) is 154 Å². The molecular weight excluding hydrogens is 713 g/mol. The van der Waals surface area contributed by atoms with Crippen molar-refractivity contribution in [2.24, 2.45) is 5.41 Å². The summed E-state index contributed by atoms with van der Waals surface area (Å²) in [4.78, 5) is 33.0. The van der Waals surface area contributed by atoms with E-state index in [1.807, 2.05) is 26.1 Å². The van der Waals surface area contributed by atoms with Crippen LogP contribution in [0.4, 0.5) is 26.7 Å². The minimum atomic E-state index is -4.70. The average Bonchev–Trinajstić information content (AvgIpc) is 3.41. The van der Waals surface area contributed by atoms with E-state index in [1.54, 1.807) is 30.3 Å². The van der Waals surface area contributed by atoms with Crippen LogP contribution in [0.25, 0.3) is 22.5 Å². The number of rotatable bonds is 10. The lowest BCUT2D eigenvalue weighted by Gasteiger charge is -2.37. The largest absolute Gasteiger partial charge is 0.447 e. The minimum absolute atomic E-state index is 0.245. The summed E-state index contributed by atoms with van der Waals surface area (Å²) >= 11 is 6.47. The maximum absolute atomic E-state index is 15.0. The first-order valence-corrected chi connectivity index (χ1v) is 16.3. The van der Waals surface area contributed by atoms with Gasteiger partial charge in [0.1, 0.15) is 18.5 Å². The first-order valence-electron chi connectivity index (χ1n) is 15.9. The molecule has 6 rings (SSSR count). The van der Waals surface area contributed by atoms with Crippen LogP contribution in [-0.4, -0.2) is 66.1 Å². The number of nitrogens with zero attached hydrogens (tertiary/aromatic N) is 5. The van der Waals surface area contributed by atoms with Gasteiger partial charge in [-0.25, -0.2) is 14.5 Å². The van der Waals surface area contributed by atoms with Crippen LogP contribution in [-0.2, 0) is 15.1 Å². The number of hydrogen-bond acceptors (Lipinski definition) is 7. The van der Waals surface area contributed by atoms with Gasteiger partial charge in [-0.05, 0) is 52.7 Å². The number of aromatic amines is 1. The molecule has 0 radical (unpaired) electrons. The van der Waals surface area contributed by atoms with E-state index in [9.17, 15) is 31.5 Å². The van der Waals surface area contributed by atoms with E-state index in [2.05, 4.69) is 32.2 Å². The zero-order valence-electron chi connectivity index (χ0n) is 28.0. The van der Waals surface area contributed by atoms with Gasteiger partial charge in [-0.2, -0.15) is 32.1 Å². The summed E-state index contributed by atoms with van der Waals surface area (Å²) in [5, 5.41) is 24.5. The fraction of sp³-hybridized carbons (Fsp3) is 0.353. The molecular formula is C34H33ClF5N9O3. The molecule has 18 heteroatoms. The van der Waals surface area contributed by atoms with Crippen LogP contribution in [0.3, 0.4) is 0 Å². The van der Waals surface area contributed by atoms with Crippen LogP contribution in [0.15, 0.2) is 73.3 Å². The summed E-state index contributed by atoms with van der Waals surface area (Å²) in [6.07, 6.45) is -2.96. The molecule has 2 aromatic carbocycles. The number of aromatic nitrogens is 5. The number of halogens is 6. The van der Waals surface area contributed by atoms with E-state index in [4.69, 9.17) is 21.7 Å². The number of H-pyrrole nitrogens is 1. The van der Waals surface area contributed by atoms with Gasteiger partial charge in [0.15, 0.2) is 17.3 Å². The molecule has 1 aliphatic carbocycles. The van der Waals surface area contributed by atoms with Crippen molar-refractivity contribution in [1.82, 2.24) is 40.5 Å². The molecule has 4 aromatic rings. The van der Waals surface area contributed by atoms with Gasteiger partial charge in [0.2, 0.25) is 0 Å². The first kappa shape index (κ1) is 36.5. The summed E-state index contributed by atoms with van der Waals surface area (Å²) in [5.74, 6) is -0.854. The van der Waals surface area contributed by atoms with Crippen LogP contribution in [0.2, 0.25) is 5.02 Å². The molecule has 1 aliphatic heterocycles. The van der Waals surface area contributed by atoms with Gasteiger partial charge >= 0.3 is 18.8 Å². The third kappa shape index (κ3) is 6.48. The zero-order valence-corrected chi connectivity index (χ0v) is 28.7. The number of carbonyl (C=O) groups is 2. The van der Waals surface area contributed by atoms with E-state index in [-0.39, 0.29) is 23.7 Å². The van der Waals surface area contributed by atoms with Crippen LogP contribution in [0.5, 0.6) is 0 Å². The van der Waals surface area contributed by atoms with Crippen molar-refractivity contribution < 1.29 is 36.3 Å². The van der Waals surface area contributed by atoms with Crippen molar-refractivity contribution >= 4 is 29.6 Å². The fourth-order valence-corrected chi connectivity index (χ4v) is 6.30. The maximum Gasteiger partial charge on any atom is 0.411 e. The van der Waals surface area contributed by atoms with E-state index < -0.39 is 59.8 Å². The minimum Gasteiger partial charge on any atom is -0.447 e. The molecule has 1 saturated carbocycles. The number of alkyl carbamates (subject to hydrolysis) is 1. The van der Waals surface area contributed by atoms with Gasteiger partial charge in [0.05, 0.1) is 17.3 Å². The Morgan fingerprint density at radius 2 is 1.83 bits per heavy atom. The molecule has 52 heavy (non-hydrogen) atoms. The highest BCUT2D eigenvalue weighted by Gasteiger charge is 2.65. The second-order valence-electron chi connectivity index (χ2n) is 13.6. The van der Waals surface area contributed by atoms with Crippen molar-refractivity contribution in [3.63, 3.8) is 0 Å². The summed E-state index contributed by atoms with van der Waals surface area (Å²) in [6.45, 7) is 6.25. The molecule has 2 fully saturated rings. The van der Waals surface area contributed by atoms with Gasteiger partial charge in [0, 0.05) is 17.3 Å². The van der Waals surface area contributed by atoms with Crippen molar-refractivity contribution in [2.75, 3.05) is 6.61 Å². The van der Waals surface area contributed by atoms with Crippen LogP contribution < -0.4 is 10.6 Å². The van der Waals surface area contributed by atoms with Gasteiger partial charge in [-0.1, -0.05) is 69.3 Å². The second-order valence-corrected chi connectivity index (χ2v) is 14.0. The third-order valence-electron chi connectivity index (χ3n) is 9.26. The molecule has 3 heterocycles. The van der Waals surface area contributed by atoms with Gasteiger partial charge in [-0.3, -0.25) is 20.2 Å². The zero-order chi connectivity index (χ0) is 37.8. The number of guanidine groups is 1. The Morgan fingerprint density at radius 1 is 1.13 bits per heavy atom. The van der Waals surface area contributed by atoms with Gasteiger partial charge in [-0.15, -0.1) is 0 Å². The van der Waals surface area contributed by atoms with Crippen LogP contribution >= 0.6 is 11.6 Å². The lowest BCUT2D eigenvalue weighted by molar-refractivity contribution is -0.164. The SMILES string of the molecule is C=C(C(C)(C)C)[C@]1(c2ccc(-c3cnn(C(F)F)c3)cc2)NC(=N)N([C@H](COC(=O)NC2(C(F)(F)F)CC2)c2ccc(Cl)c(-c3ncn[nH]3)c2)C1=O. The van der Waals surface area contributed by atoms with Crippen molar-refractivity contribution in [3.05, 3.63) is 89.5 Å². The smallest absolute Gasteiger partial charge is 0.411 e. The number of carbonyl (C=O) groups excluding carboxylic acids is 2. The number of amides is 2. The maximum atomic E-state index is 15.0. The first-order chi connectivity index (χ1) is 24.4. The highest BCUT2D eigenvalue weighted by atomic mass is 35.5. The Hall–Kier alpha value is -5.32. The molecule has 2 aliphatic rings. The molecule has 274 valence electrons. The average molecular weight is 746 g/mol. The normalized spacial score (nSPS) is 19.1. The van der Waals surface area contributed by atoms with Crippen LogP contribution in [0, 0.1) is 10.8 Å². The highest BCUT2D eigenvalue weighted by Crippen LogP contribution is 2.49. The molecule has 0 unspecified atom stereocenters. The molecule has 2 aromatic heterocycles. The molecule has 0 spiro atoms. The Labute approximate surface area is 298 Å². The summed E-state index contributed by atoms with van der Waals surface area (Å²) < 4.78 is 73.1. The van der Waals surface area contributed by atoms with E-state index in [0.717, 1.165) is 4.90 Å². The van der Waals surface area contributed by atoms with Crippen LogP contribution in [0.1, 0.15) is 57.3 Å². The van der Waals surface area contributed by atoms with E-state index in [1.165, 1.54) is 30.9 Å². The summed E-state index contributed by atoms with van der Waals surface area (Å²) in [7, 11) is 0. The Morgan fingerprint density at radius 3 is 2.38 bits per heavy atom. The number of nitrogens with one attached hydrogen (secondary N) is 4. The number of ether oxygens (including phenoxy) is 1. The number of hydrogen-bond donors (Lipinski definition) is 4. The molecule has 4 N–H and O–H groups in total. The highest BCUT2D eigenvalue weighted by molar-refractivity contribution is 6.33. The monoisotopic (exact) mass is 745 g/mol. The van der Waals surface area contributed by atoms with Gasteiger partial charge < -0.3 is 15.4 Å². The fourth-order valence-electron chi connectivity index (χ4n) is 6.09. The summed E-state index contributed by atoms with van der Waals surface area (Å²) in [5.41, 5.74) is -2.63. The van der Waals surface area contributed by atoms with Crippen molar-refractivity contribution in [1.29, 1.82) is 5.41 Å². The van der Waals surface area contributed by atoms with E-state index in [0.29, 0.717) is 38.1 Å². The Balaban J connectivity index is 1.40. The standard InChI is InChI=1S/C34H33ClF5N9O3/c1-18(31(2,3)4)33(22-8-5-19(6-9-22)21-14-44-48(15-21)28(36)37)27(50)49(29(41)45-33)25(16-52-30(51)46-32(11-12-32)34(38,39)40)20-7-10-24(35)23(13-20)26-42-17-43-47-26/h5-10,13-15,17,25,28H,1,11-12,16H2,2-4H3,(H2,41,45)(H,46,51)(H,42,43,47)/t25-,33-/m1/s1. The molecule has 2 amide bonds. The lowest BCUT2D eigenvalue weighted by Crippen LogP contribution is -2.49. The molecule has 2 atom stereocenters. The van der Waals surface area contributed by atoms with Crippen molar-refractivity contribution in [3.8, 4) is 22.5 Å². The molecule has 12 nitrogen and oxygen atoms in total. The van der Waals surface area contributed by atoms with Gasteiger partial charge in [0.25, 0.3) is 5.91 Å². The Bertz CT molecular complexity index is 2020. The quantitative estimate of drug-likeness (QED) is 0.0997. The number of benzene rings is 2. The summed E-state index contributed by atoms with van der Waals surface area (Å²) in [6, 6.07) is 9.73. The Kier molecular flexibility index (Phi) is 9.13. The van der Waals surface area contributed by atoms with E-state index >= 15 is 0 Å². The van der Waals surface area contributed by atoms with Crippen molar-refractivity contribution in [2.45, 2.75) is 63.5 Å². The predicted octanol–water partition coefficient (Wildman–Crippen LogP) is 7.11. The third-order valence-corrected chi connectivity index (χ3v) is 9.59. The lowest BCUT2D eigenvalue weighted by atomic mass is 9.71. The second kappa shape index (κ2) is 13.0. The predicted molar refractivity (Wildman–Crippen MR) is 179 cm³/mol. The number of alkyl halides is 5. The molecule has 1 saturated heterocycles.